The van der Waals surface area contributed by atoms with E-state index in [0.717, 1.165) is 38.5 Å². The van der Waals surface area contributed by atoms with Crippen molar-refractivity contribution in [3.8, 4) is 0 Å². The topological polar surface area (TPSA) is 44.8 Å². The predicted molar refractivity (Wildman–Crippen MR) is 132 cm³/mol. The minimum atomic E-state index is -3.97. The highest BCUT2D eigenvalue weighted by Gasteiger charge is 2.48. The van der Waals surface area contributed by atoms with Gasteiger partial charge in [-0.05, 0) is 38.5 Å². The standard InChI is InChI=1S/C27H39O4P/c1-4-16-25(19-10-7-11-20-25)29-32(28,30-26(17-5-2)21-12-8-13-22-26)31-27(18-6-3)23-14-9-15-24-27/h7-15,19,21,23H,4-6,16-18,20,22,24H2,1-3H3. The quantitative estimate of drug-likeness (QED) is 0.276. The van der Waals surface area contributed by atoms with Crippen LogP contribution in [-0.4, -0.2) is 16.8 Å². The van der Waals surface area contributed by atoms with Gasteiger partial charge in [0.15, 0.2) is 0 Å². The van der Waals surface area contributed by atoms with E-state index in [9.17, 15) is 4.57 Å². The second-order valence-electron chi connectivity index (χ2n) is 9.14. The SMILES string of the molecule is CCCC1(OP(=O)(OC2(CCC)C=CC=CC2)OC2(CCC)C=CC=CC2)C=CC=CC1. The van der Waals surface area contributed by atoms with Crippen LogP contribution in [-0.2, 0) is 18.1 Å². The highest BCUT2D eigenvalue weighted by molar-refractivity contribution is 7.48. The van der Waals surface area contributed by atoms with Crippen LogP contribution in [0.3, 0.4) is 0 Å². The smallest absolute Gasteiger partial charge is 0.276 e. The zero-order chi connectivity index (χ0) is 23.0. The number of rotatable bonds is 12. The van der Waals surface area contributed by atoms with Crippen molar-refractivity contribution < 1.29 is 18.1 Å². The molecule has 0 saturated carbocycles. The fourth-order valence-electron chi connectivity index (χ4n) is 4.82. The van der Waals surface area contributed by atoms with Crippen molar-refractivity contribution in [1.29, 1.82) is 0 Å². The number of hydrogen-bond acceptors (Lipinski definition) is 4. The fraction of sp³-hybridized carbons (Fsp3) is 0.556. The van der Waals surface area contributed by atoms with Gasteiger partial charge in [-0.15, -0.1) is 0 Å². The van der Waals surface area contributed by atoms with Crippen molar-refractivity contribution >= 4 is 7.82 Å². The van der Waals surface area contributed by atoms with E-state index in [1.54, 1.807) is 0 Å². The van der Waals surface area contributed by atoms with Crippen LogP contribution in [0, 0.1) is 0 Å². The van der Waals surface area contributed by atoms with E-state index in [2.05, 4.69) is 39.0 Å². The van der Waals surface area contributed by atoms with Crippen molar-refractivity contribution in [3.05, 3.63) is 72.9 Å². The molecule has 5 heteroatoms. The van der Waals surface area contributed by atoms with Crippen molar-refractivity contribution in [2.75, 3.05) is 0 Å². The monoisotopic (exact) mass is 458 g/mol. The Morgan fingerprint density at radius 3 is 1.12 bits per heavy atom. The highest BCUT2D eigenvalue weighted by atomic mass is 31.2. The molecule has 0 aromatic rings. The van der Waals surface area contributed by atoms with Crippen LogP contribution in [0.15, 0.2) is 72.9 Å². The van der Waals surface area contributed by atoms with Gasteiger partial charge in [-0.2, -0.15) is 0 Å². The van der Waals surface area contributed by atoms with Crippen LogP contribution >= 0.6 is 7.82 Å². The lowest BCUT2D eigenvalue weighted by Gasteiger charge is -2.42. The fourth-order valence-corrected chi connectivity index (χ4v) is 6.95. The summed E-state index contributed by atoms with van der Waals surface area (Å²) < 4.78 is 34.2. The molecule has 0 aromatic heterocycles. The Balaban J connectivity index is 1.98. The van der Waals surface area contributed by atoms with Gasteiger partial charge in [-0.3, -0.25) is 13.6 Å². The first kappa shape index (κ1) is 25.2. The first-order valence-corrected chi connectivity index (χ1v) is 13.6. The van der Waals surface area contributed by atoms with E-state index < -0.39 is 24.6 Å². The van der Waals surface area contributed by atoms with Crippen LogP contribution in [0.1, 0.15) is 78.6 Å². The van der Waals surface area contributed by atoms with Gasteiger partial charge < -0.3 is 0 Å². The molecule has 4 nitrogen and oxygen atoms in total. The molecule has 3 atom stereocenters. The summed E-state index contributed by atoms with van der Waals surface area (Å²) in [5.41, 5.74) is -2.08. The van der Waals surface area contributed by atoms with E-state index in [4.69, 9.17) is 13.6 Å². The number of phosphoric acid groups is 1. The Hall–Kier alpha value is -1.45. The van der Waals surface area contributed by atoms with Crippen LogP contribution in [0.4, 0.5) is 0 Å². The van der Waals surface area contributed by atoms with E-state index >= 15 is 0 Å². The van der Waals surface area contributed by atoms with Crippen LogP contribution in [0.5, 0.6) is 0 Å². The molecule has 0 radical (unpaired) electrons. The summed E-state index contributed by atoms with van der Waals surface area (Å²) in [7, 11) is -3.97. The lowest BCUT2D eigenvalue weighted by molar-refractivity contribution is -0.0373. The predicted octanol–water partition coefficient (Wildman–Crippen LogP) is 8.31. The van der Waals surface area contributed by atoms with Crippen LogP contribution in [0.25, 0.3) is 0 Å². The molecular weight excluding hydrogens is 419 g/mol. The van der Waals surface area contributed by atoms with Gasteiger partial charge in [-0.1, -0.05) is 113 Å². The summed E-state index contributed by atoms with van der Waals surface area (Å²) in [5, 5.41) is 0. The maximum Gasteiger partial charge on any atom is 0.477 e. The van der Waals surface area contributed by atoms with Gasteiger partial charge in [0, 0.05) is 0 Å². The van der Waals surface area contributed by atoms with Crippen LogP contribution < -0.4 is 0 Å². The molecule has 3 aliphatic rings. The van der Waals surface area contributed by atoms with E-state index in [0.29, 0.717) is 19.3 Å². The Labute approximate surface area is 194 Å². The minimum absolute atomic E-state index is 0.654. The molecule has 0 amide bonds. The minimum Gasteiger partial charge on any atom is -0.276 e. The maximum atomic E-state index is 14.6. The van der Waals surface area contributed by atoms with E-state index in [1.807, 2.05) is 54.7 Å². The lowest BCUT2D eigenvalue weighted by atomic mass is 9.91. The Morgan fingerprint density at radius 1 is 0.594 bits per heavy atom. The van der Waals surface area contributed by atoms with Gasteiger partial charge in [-0.25, -0.2) is 4.57 Å². The number of allylic oxidation sites excluding steroid dienone is 6. The summed E-state index contributed by atoms with van der Waals surface area (Å²) in [6, 6.07) is 0. The van der Waals surface area contributed by atoms with Gasteiger partial charge in [0.2, 0.25) is 0 Å². The summed E-state index contributed by atoms with van der Waals surface area (Å²) >= 11 is 0. The summed E-state index contributed by atoms with van der Waals surface area (Å²) in [4.78, 5) is 0. The Morgan fingerprint density at radius 2 is 0.906 bits per heavy atom. The third kappa shape index (κ3) is 6.32. The zero-order valence-corrected chi connectivity index (χ0v) is 20.8. The average Bonchev–Trinajstić information content (AvgIpc) is 2.75. The molecule has 0 aliphatic heterocycles. The third-order valence-electron chi connectivity index (χ3n) is 6.23. The summed E-state index contributed by atoms with van der Waals surface area (Å²) in [5.74, 6) is 0. The molecule has 32 heavy (non-hydrogen) atoms. The Bertz CT molecular complexity index is 742. The maximum absolute atomic E-state index is 14.6. The second kappa shape index (κ2) is 11.1. The van der Waals surface area contributed by atoms with Crippen molar-refractivity contribution in [2.45, 2.75) is 95.4 Å². The van der Waals surface area contributed by atoms with Crippen molar-refractivity contribution in [3.63, 3.8) is 0 Å². The molecule has 3 unspecified atom stereocenters. The molecule has 3 rings (SSSR count). The van der Waals surface area contributed by atoms with Gasteiger partial charge in [0.25, 0.3) is 0 Å². The van der Waals surface area contributed by atoms with Gasteiger partial charge in [0.05, 0.1) is 0 Å². The second-order valence-corrected chi connectivity index (χ2v) is 10.6. The normalized spacial score (nSPS) is 33.0. The lowest BCUT2D eigenvalue weighted by Crippen LogP contribution is -2.38. The molecule has 0 fully saturated rings. The number of phosphoric ester groups is 1. The largest absolute Gasteiger partial charge is 0.477 e. The van der Waals surface area contributed by atoms with E-state index in [-0.39, 0.29) is 0 Å². The number of hydrogen-bond donors (Lipinski definition) is 0. The van der Waals surface area contributed by atoms with Gasteiger partial charge >= 0.3 is 7.82 Å². The molecule has 0 heterocycles. The average molecular weight is 459 g/mol. The zero-order valence-electron chi connectivity index (χ0n) is 19.9. The summed E-state index contributed by atoms with van der Waals surface area (Å²) in [6.45, 7) is 6.35. The molecule has 0 spiro atoms. The summed E-state index contributed by atoms with van der Waals surface area (Å²) in [6.07, 6.45) is 31.1. The van der Waals surface area contributed by atoms with Crippen LogP contribution in [0.2, 0.25) is 0 Å². The molecule has 0 saturated heterocycles. The third-order valence-corrected chi connectivity index (χ3v) is 7.99. The highest BCUT2D eigenvalue weighted by Crippen LogP contribution is 2.62. The van der Waals surface area contributed by atoms with Crippen molar-refractivity contribution in [1.82, 2.24) is 0 Å². The molecule has 176 valence electrons. The van der Waals surface area contributed by atoms with E-state index in [1.165, 1.54) is 0 Å². The molecule has 0 aromatic carbocycles. The molecule has 3 aliphatic carbocycles. The van der Waals surface area contributed by atoms with Crippen molar-refractivity contribution in [2.24, 2.45) is 0 Å². The molecule has 0 bridgehead atoms. The molecule has 0 N–H and O–H groups in total. The Kier molecular flexibility index (Phi) is 8.75. The van der Waals surface area contributed by atoms with Gasteiger partial charge in [0.1, 0.15) is 16.8 Å². The first-order valence-electron chi connectivity index (χ1n) is 12.2. The first-order chi connectivity index (χ1) is 15.4. The molecular formula is C27H39O4P.